The van der Waals surface area contributed by atoms with Crippen LogP contribution in [0.5, 0.6) is 0 Å². The highest BCUT2D eigenvalue weighted by Crippen LogP contribution is 2.30. The summed E-state index contributed by atoms with van der Waals surface area (Å²) >= 11 is 6.09. The van der Waals surface area contributed by atoms with Crippen molar-refractivity contribution < 1.29 is 18.0 Å². The highest BCUT2D eigenvalue weighted by atomic mass is 35.5. The fourth-order valence-corrected chi connectivity index (χ4v) is 4.75. The van der Waals surface area contributed by atoms with Crippen LogP contribution in [0.15, 0.2) is 41.3 Å². The summed E-state index contributed by atoms with van der Waals surface area (Å²) in [5.74, 6) is -0.795. The van der Waals surface area contributed by atoms with Crippen LogP contribution in [0.4, 0.5) is 11.4 Å². The van der Waals surface area contributed by atoms with Gasteiger partial charge in [-0.3, -0.25) is 9.59 Å². The summed E-state index contributed by atoms with van der Waals surface area (Å²) in [4.78, 5) is 25.6. The van der Waals surface area contributed by atoms with Crippen LogP contribution in [0, 0.1) is 6.92 Å². The van der Waals surface area contributed by atoms with Gasteiger partial charge in [0.15, 0.2) is 9.84 Å². The number of halogens is 1. The molecule has 0 spiro atoms. The predicted octanol–water partition coefficient (Wildman–Crippen LogP) is 3.36. The van der Waals surface area contributed by atoms with E-state index >= 15 is 0 Å². The van der Waals surface area contributed by atoms with Gasteiger partial charge in [0, 0.05) is 25.6 Å². The van der Waals surface area contributed by atoms with Crippen molar-refractivity contribution >= 4 is 44.6 Å². The molecule has 8 heteroatoms. The molecule has 0 unspecified atom stereocenters. The lowest BCUT2D eigenvalue weighted by Gasteiger charge is -2.15. The zero-order valence-corrected chi connectivity index (χ0v) is 17.2. The number of aryl methyl sites for hydroxylation is 1. The van der Waals surface area contributed by atoms with Crippen LogP contribution in [0.25, 0.3) is 0 Å². The second-order valence-corrected chi connectivity index (χ2v) is 9.33. The fourth-order valence-electron chi connectivity index (χ4n) is 3.18. The van der Waals surface area contributed by atoms with Crippen LogP contribution in [0.1, 0.15) is 24.5 Å². The van der Waals surface area contributed by atoms with E-state index in [9.17, 15) is 18.0 Å². The number of benzene rings is 2. The molecule has 1 aliphatic rings. The lowest BCUT2D eigenvalue weighted by Crippen LogP contribution is -2.25. The number of fused-ring (bicyclic) bond motifs is 1. The Kier molecular flexibility index (Phi) is 5.76. The summed E-state index contributed by atoms with van der Waals surface area (Å²) in [6, 6.07) is 9.97. The van der Waals surface area contributed by atoms with Crippen molar-refractivity contribution in [1.82, 2.24) is 0 Å². The molecule has 1 heterocycles. The Labute approximate surface area is 169 Å². The van der Waals surface area contributed by atoms with Gasteiger partial charge < -0.3 is 10.2 Å². The van der Waals surface area contributed by atoms with Crippen molar-refractivity contribution in [3.05, 3.63) is 52.5 Å². The fraction of sp³-hybridized carbons (Fsp3) is 0.300. The Balaban J connectivity index is 1.67. The summed E-state index contributed by atoms with van der Waals surface area (Å²) in [7, 11) is -3.62. The maximum absolute atomic E-state index is 12.6. The minimum absolute atomic E-state index is 0.0687. The van der Waals surface area contributed by atoms with Gasteiger partial charge in [-0.2, -0.15) is 0 Å². The average molecular weight is 421 g/mol. The molecule has 0 aliphatic carbocycles. The van der Waals surface area contributed by atoms with E-state index in [4.69, 9.17) is 11.6 Å². The molecular weight excluding hydrogens is 400 g/mol. The minimum Gasteiger partial charge on any atom is -0.325 e. The van der Waals surface area contributed by atoms with E-state index in [2.05, 4.69) is 5.32 Å². The van der Waals surface area contributed by atoms with E-state index < -0.39 is 15.7 Å². The zero-order chi connectivity index (χ0) is 20.5. The molecule has 2 amide bonds. The van der Waals surface area contributed by atoms with E-state index in [1.165, 1.54) is 13.0 Å². The first kappa shape index (κ1) is 20.4. The van der Waals surface area contributed by atoms with Gasteiger partial charge in [-0.25, -0.2) is 8.42 Å². The van der Waals surface area contributed by atoms with Crippen molar-refractivity contribution in [3.63, 3.8) is 0 Å². The lowest BCUT2D eigenvalue weighted by molar-refractivity contribution is -0.117. The monoisotopic (exact) mass is 420 g/mol. The van der Waals surface area contributed by atoms with Crippen LogP contribution >= 0.6 is 11.6 Å². The highest BCUT2D eigenvalue weighted by Gasteiger charge is 2.25. The quantitative estimate of drug-likeness (QED) is 0.803. The Morgan fingerprint density at radius 1 is 1.18 bits per heavy atom. The topological polar surface area (TPSA) is 83.6 Å². The van der Waals surface area contributed by atoms with E-state index in [1.807, 2.05) is 13.0 Å². The SMILES string of the molecule is CC(=O)N1CCc2cc(S(=O)(=O)CCC(=O)Nc3ccc(C)cc3Cl)ccc21. The molecule has 0 saturated carbocycles. The molecule has 148 valence electrons. The molecule has 0 radical (unpaired) electrons. The molecule has 3 rings (SSSR count). The van der Waals surface area contributed by atoms with Gasteiger partial charge in [0.05, 0.1) is 21.4 Å². The van der Waals surface area contributed by atoms with Gasteiger partial charge in [0.2, 0.25) is 11.8 Å². The predicted molar refractivity (Wildman–Crippen MR) is 110 cm³/mol. The number of sulfone groups is 1. The first-order chi connectivity index (χ1) is 13.2. The van der Waals surface area contributed by atoms with Crippen molar-refractivity contribution in [2.75, 3.05) is 22.5 Å². The molecule has 0 saturated heterocycles. The Hall–Kier alpha value is -2.38. The van der Waals surface area contributed by atoms with Gasteiger partial charge in [-0.1, -0.05) is 17.7 Å². The van der Waals surface area contributed by atoms with Crippen molar-refractivity contribution in [2.24, 2.45) is 0 Å². The van der Waals surface area contributed by atoms with Gasteiger partial charge in [-0.15, -0.1) is 0 Å². The first-order valence-electron chi connectivity index (χ1n) is 8.87. The van der Waals surface area contributed by atoms with Crippen LogP contribution in [-0.2, 0) is 25.8 Å². The number of carbonyl (C=O) groups excluding carboxylic acids is 2. The average Bonchev–Trinajstić information content (AvgIpc) is 3.06. The Bertz CT molecular complexity index is 1050. The summed E-state index contributed by atoms with van der Waals surface area (Å²) in [6.45, 7) is 3.92. The maximum Gasteiger partial charge on any atom is 0.225 e. The maximum atomic E-state index is 12.6. The van der Waals surface area contributed by atoms with Crippen LogP contribution < -0.4 is 10.2 Å². The molecule has 0 aromatic heterocycles. The standard InChI is InChI=1S/C20H21ClN2O4S/c1-13-3-5-18(17(21)11-13)22-20(25)8-10-28(26,27)16-4-6-19-15(12-16)7-9-23(19)14(2)24/h3-6,11-12H,7-10H2,1-2H3,(H,22,25). The first-order valence-corrected chi connectivity index (χ1v) is 10.9. The lowest BCUT2D eigenvalue weighted by atomic mass is 10.2. The molecule has 2 aromatic rings. The number of amides is 2. The van der Waals surface area contributed by atoms with E-state index in [-0.39, 0.29) is 23.0 Å². The van der Waals surface area contributed by atoms with E-state index in [1.54, 1.807) is 29.2 Å². The number of anilines is 2. The van der Waals surface area contributed by atoms with Crippen molar-refractivity contribution in [1.29, 1.82) is 0 Å². The highest BCUT2D eigenvalue weighted by molar-refractivity contribution is 7.91. The third kappa shape index (κ3) is 4.36. The van der Waals surface area contributed by atoms with E-state index in [0.717, 1.165) is 16.8 Å². The normalized spacial score (nSPS) is 13.3. The largest absolute Gasteiger partial charge is 0.325 e. The second-order valence-electron chi connectivity index (χ2n) is 6.81. The number of hydrogen-bond acceptors (Lipinski definition) is 4. The van der Waals surface area contributed by atoms with Crippen LogP contribution in [0.3, 0.4) is 0 Å². The number of nitrogens with one attached hydrogen (secondary N) is 1. The third-order valence-corrected chi connectivity index (χ3v) is 6.71. The molecule has 0 atom stereocenters. The van der Waals surface area contributed by atoms with Crippen molar-refractivity contribution in [2.45, 2.75) is 31.6 Å². The molecule has 28 heavy (non-hydrogen) atoms. The smallest absolute Gasteiger partial charge is 0.225 e. The molecular formula is C20H21ClN2O4S. The Morgan fingerprint density at radius 2 is 1.93 bits per heavy atom. The zero-order valence-electron chi connectivity index (χ0n) is 15.7. The Morgan fingerprint density at radius 3 is 2.61 bits per heavy atom. The number of carbonyl (C=O) groups is 2. The van der Waals surface area contributed by atoms with Crippen molar-refractivity contribution in [3.8, 4) is 0 Å². The summed E-state index contributed by atoms with van der Waals surface area (Å²) in [5.41, 5.74) is 2.99. The molecule has 2 aromatic carbocycles. The molecule has 0 fully saturated rings. The van der Waals surface area contributed by atoms with Crippen LogP contribution in [0.2, 0.25) is 5.02 Å². The molecule has 1 aliphatic heterocycles. The van der Waals surface area contributed by atoms with Gasteiger partial charge in [-0.05, 0) is 54.8 Å². The second kappa shape index (κ2) is 7.93. The summed E-state index contributed by atoms with van der Waals surface area (Å²) < 4.78 is 25.3. The van der Waals surface area contributed by atoms with Gasteiger partial charge in [0.25, 0.3) is 0 Å². The van der Waals surface area contributed by atoms with Gasteiger partial charge in [0.1, 0.15) is 0 Å². The minimum atomic E-state index is -3.62. The number of rotatable bonds is 5. The van der Waals surface area contributed by atoms with Crippen LogP contribution in [-0.4, -0.2) is 32.5 Å². The molecule has 0 bridgehead atoms. The number of hydrogen-bond donors (Lipinski definition) is 1. The molecule has 6 nitrogen and oxygen atoms in total. The van der Waals surface area contributed by atoms with E-state index in [0.29, 0.717) is 23.7 Å². The summed E-state index contributed by atoms with van der Waals surface area (Å²) in [5, 5.41) is 3.05. The molecule has 1 N–H and O–H groups in total. The number of nitrogens with zero attached hydrogens (tertiary/aromatic N) is 1. The summed E-state index contributed by atoms with van der Waals surface area (Å²) in [6.07, 6.45) is 0.438. The third-order valence-electron chi connectivity index (χ3n) is 4.68. The van der Waals surface area contributed by atoms with Gasteiger partial charge >= 0.3 is 0 Å².